The van der Waals surface area contributed by atoms with Crippen LogP contribution in [0.1, 0.15) is 36.1 Å². The highest BCUT2D eigenvalue weighted by molar-refractivity contribution is 8.01. The Bertz CT molecular complexity index is 1560. The van der Waals surface area contributed by atoms with Crippen LogP contribution in [0.25, 0.3) is 0 Å². The van der Waals surface area contributed by atoms with Crippen LogP contribution in [-0.2, 0) is 25.7 Å². The van der Waals surface area contributed by atoms with E-state index in [0.29, 0.717) is 17.0 Å². The zero-order valence-electron chi connectivity index (χ0n) is 24.2. The predicted molar refractivity (Wildman–Crippen MR) is 152 cm³/mol. The number of amides is 2. The third kappa shape index (κ3) is 4.96. The molecule has 2 aromatic rings. The van der Waals surface area contributed by atoms with Crippen molar-refractivity contribution in [3.63, 3.8) is 0 Å². The maximum absolute atomic E-state index is 13.6. The SMILES string of the molecule is [2H]C([2H])(C)n1nc(O)c(=O)nc1SCC1=C(C=O)N2C(=O)[C@@](C)(NC(=O)/C(=N\OCC)c3csc(NC)n3)[C@@]2(C)SC1. The monoisotopic (exact) mass is 610 g/mol. The molecule has 4 rings (SSSR count). The fourth-order valence-corrected chi connectivity index (χ4v) is 7.27. The van der Waals surface area contributed by atoms with Gasteiger partial charge in [0.1, 0.15) is 22.7 Å². The summed E-state index contributed by atoms with van der Waals surface area (Å²) in [4.78, 5) is 64.7. The smallest absolute Gasteiger partial charge is 0.336 e. The molecule has 0 unspecified atom stereocenters. The summed E-state index contributed by atoms with van der Waals surface area (Å²) < 4.78 is 16.7. The molecule has 17 heteroatoms. The summed E-state index contributed by atoms with van der Waals surface area (Å²) >= 11 is 3.53. The zero-order chi connectivity index (χ0) is 31.0. The molecular formula is C23H28N8O6S3. The Balaban J connectivity index is 1.59. The van der Waals surface area contributed by atoms with Crippen molar-refractivity contribution in [3.05, 3.63) is 32.7 Å². The number of aldehydes is 1. The molecule has 0 aliphatic carbocycles. The molecule has 4 heterocycles. The molecule has 2 aromatic heterocycles. The van der Waals surface area contributed by atoms with E-state index in [2.05, 4.69) is 30.9 Å². The number of carbonyl (C=O) groups excluding carboxylic acids is 3. The number of rotatable bonds is 11. The number of allylic oxidation sites excluding steroid dienone is 1. The van der Waals surface area contributed by atoms with Gasteiger partial charge in [-0.15, -0.1) is 28.2 Å². The summed E-state index contributed by atoms with van der Waals surface area (Å²) in [5, 5.41) is 24.9. The lowest BCUT2D eigenvalue weighted by molar-refractivity contribution is -0.162. The fraction of sp³-hybridized carbons (Fsp3) is 0.478. The number of thioether (sulfide) groups is 2. The quantitative estimate of drug-likeness (QED) is 0.108. The maximum atomic E-state index is 13.6. The highest BCUT2D eigenvalue weighted by Gasteiger charge is 2.70. The molecule has 2 aliphatic rings. The molecule has 14 nitrogen and oxygen atoms in total. The van der Waals surface area contributed by atoms with Crippen molar-refractivity contribution in [1.82, 2.24) is 30.0 Å². The van der Waals surface area contributed by atoms with Gasteiger partial charge in [0.15, 0.2) is 22.3 Å². The van der Waals surface area contributed by atoms with Gasteiger partial charge in [-0.3, -0.25) is 24.1 Å². The lowest BCUT2D eigenvalue weighted by atomic mass is 9.79. The van der Waals surface area contributed by atoms with Crippen LogP contribution in [0.5, 0.6) is 5.88 Å². The number of hydrogen-bond donors (Lipinski definition) is 3. The van der Waals surface area contributed by atoms with Crippen molar-refractivity contribution >= 4 is 63.8 Å². The second kappa shape index (κ2) is 11.6. The van der Waals surface area contributed by atoms with Crippen molar-refractivity contribution in [2.45, 2.75) is 49.8 Å². The van der Waals surface area contributed by atoms with E-state index in [1.54, 1.807) is 33.2 Å². The number of fused-ring (bicyclic) bond motifs is 1. The minimum Gasteiger partial charge on any atom is -0.488 e. The van der Waals surface area contributed by atoms with Crippen molar-refractivity contribution < 1.29 is 27.1 Å². The highest BCUT2D eigenvalue weighted by Crippen LogP contribution is 2.54. The Labute approximate surface area is 244 Å². The van der Waals surface area contributed by atoms with Crippen molar-refractivity contribution in [3.8, 4) is 5.88 Å². The lowest BCUT2D eigenvalue weighted by Gasteiger charge is -2.63. The molecule has 214 valence electrons. The van der Waals surface area contributed by atoms with Gasteiger partial charge in [-0.05, 0) is 33.3 Å². The first-order valence-electron chi connectivity index (χ1n) is 12.9. The van der Waals surface area contributed by atoms with E-state index in [-0.39, 0.29) is 40.4 Å². The molecule has 1 saturated heterocycles. The van der Waals surface area contributed by atoms with Crippen LogP contribution in [0.3, 0.4) is 0 Å². The summed E-state index contributed by atoms with van der Waals surface area (Å²) in [6.07, 6.45) is 0.554. The molecule has 0 aromatic carbocycles. The number of hydrogen-bond acceptors (Lipinski definition) is 14. The molecule has 0 spiro atoms. The van der Waals surface area contributed by atoms with Gasteiger partial charge in [-0.1, -0.05) is 16.9 Å². The minimum absolute atomic E-state index is 0.0712. The summed E-state index contributed by atoms with van der Waals surface area (Å²) in [7, 11) is 1.69. The Kier molecular flexibility index (Phi) is 7.75. The normalized spacial score (nSPS) is 23.6. The Morgan fingerprint density at radius 2 is 2.12 bits per heavy atom. The van der Waals surface area contributed by atoms with E-state index in [0.717, 1.165) is 16.4 Å². The van der Waals surface area contributed by atoms with Crippen LogP contribution < -0.4 is 16.2 Å². The Hall–Kier alpha value is -3.44. The topological polar surface area (TPSA) is 181 Å². The van der Waals surface area contributed by atoms with Crippen LogP contribution in [-0.4, -0.2) is 89.1 Å². The molecule has 40 heavy (non-hydrogen) atoms. The van der Waals surface area contributed by atoms with E-state index >= 15 is 0 Å². The number of oxime groups is 1. The van der Waals surface area contributed by atoms with Gasteiger partial charge < -0.3 is 20.6 Å². The molecule has 0 saturated carbocycles. The Morgan fingerprint density at radius 1 is 1.38 bits per heavy atom. The zero-order valence-corrected chi connectivity index (χ0v) is 24.6. The van der Waals surface area contributed by atoms with Crippen LogP contribution in [0.2, 0.25) is 0 Å². The van der Waals surface area contributed by atoms with Gasteiger partial charge >= 0.3 is 5.56 Å². The number of anilines is 1. The molecule has 0 radical (unpaired) electrons. The maximum Gasteiger partial charge on any atom is 0.336 e. The average molecular weight is 611 g/mol. The van der Waals surface area contributed by atoms with Gasteiger partial charge in [0.25, 0.3) is 17.7 Å². The number of nitrogens with zero attached hydrogens (tertiary/aromatic N) is 6. The largest absolute Gasteiger partial charge is 0.488 e. The summed E-state index contributed by atoms with van der Waals surface area (Å²) in [6.45, 7) is 4.32. The number of aromatic nitrogens is 4. The van der Waals surface area contributed by atoms with Crippen LogP contribution in [0.15, 0.2) is 31.8 Å². The Morgan fingerprint density at radius 3 is 2.75 bits per heavy atom. The van der Waals surface area contributed by atoms with Gasteiger partial charge in [0.05, 0.1) is 8.44 Å². The second-order valence-electron chi connectivity index (χ2n) is 8.69. The van der Waals surface area contributed by atoms with E-state index in [1.165, 1.54) is 34.9 Å². The standard InChI is InChI=1S/C23H28N8O6S3/c1-6-30-21(26-17(34)18(35)28-30)39-9-12-10-40-23(4)22(3,19(36)31(23)14(12)8-32)27-16(33)15(29-37-7-2)13-11-38-20(24-5)25-13/h8,11H,6-7,9-10H2,1-5H3,(H,24,25)(H,27,33)(H,28,35)/b29-15-/t22-,23-/m1/s1/i6D2. The molecule has 2 amide bonds. The van der Waals surface area contributed by atoms with E-state index < -0.39 is 40.2 Å². The fourth-order valence-electron chi connectivity index (χ4n) is 4.09. The molecule has 0 bridgehead atoms. The first kappa shape index (κ1) is 26.8. The number of carbonyl (C=O) groups is 3. The number of nitrogens with one attached hydrogen (secondary N) is 2. The minimum atomic E-state index is -2.09. The predicted octanol–water partition coefficient (Wildman–Crippen LogP) is 1.03. The molecular weight excluding hydrogens is 581 g/mol. The third-order valence-electron chi connectivity index (χ3n) is 6.40. The van der Waals surface area contributed by atoms with Gasteiger partial charge in [0, 0.05) is 30.4 Å². The highest BCUT2D eigenvalue weighted by atomic mass is 32.2. The summed E-state index contributed by atoms with van der Waals surface area (Å²) in [6, 6.07) is 0. The molecule has 1 fully saturated rings. The summed E-state index contributed by atoms with van der Waals surface area (Å²) in [5.41, 5.74) is -1.65. The number of aromatic hydroxyl groups is 1. The molecule has 2 atom stereocenters. The van der Waals surface area contributed by atoms with Crippen LogP contribution >= 0.6 is 34.9 Å². The van der Waals surface area contributed by atoms with E-state index in [1.807, 2.05) is 0 Å². The number of β-lactam (4-membered cyclic amide) rings is 1. The third-order valence-corrected chi connectivity index (χ3v) is 9.92. The van der Waals surface area contributed by atoms with Gasteiger partial charge in [-0.2, -0.15) is 4.98 Å². The summed E-state index contributed by atoms with van der Waals surface area (Å²) in [5.74, 6) is -1.79. The van der Waals surface area contributed by atoms with Crippen molar-refractivity contribution in [2.75, 3.05) is 30.5 Å². The average Bonchev–Trinajstić information content (AvgIpc) is 3.41. The van der Waals surface area contributed by atoms with E-state index in [9.17, 15) is 24.3 Å². The van der Waals surface area contributed by atoms with Gasteiger partial charge in [0.2, 0.25) is 0 Å². The molecule has 3 N–H and O–H groups in total. The first-order valence-corrected chi connectivity index (χ1v) is 14.7. The van der Waals surface area contributed by atoms with Crippen LogP contribution in [0.4, 0.5) is 5.13 Å². The molecule has 2 aliphatic heterocycles. The second-order valence-corrected chi connectivity index (χ2v) is 11.9. The van der Waals surface area contributed by atoms with Crippen LogP contribution in [0, 0.1) is 0 Å². The van der Waals surface area contributed by atoms with Gasteiger partial charge in [-0.25, -0.2) is 9.67 Å². The van der Waals surface area contributed by atoms with Crippen molar-refractivity contribution in [2.24, 2.45) is 5.16 Å². The van der Waals surface area contributed by atoms with Crippen molar-refractivity contribution in [1.29, 1.82) is 0 Å². The van der Waals surface area contributed by atoms with E-state index in [4.69, 9.17) is 7.58 Å². The first-order chi connectivity index (χ1) is 19.7. The lowest BCUT2D eigenvalue weighted by Crippen LogP contribution is -2.84. The number of aryl methyl sites for hydroxylation is 1. The number of thiazole rings is 1.